The number of nitrogens with zero attached hydrogens (tertiary/aromatic N) is 5. The minimum absolute atomic E-state index is 0.324. The second-order valence-corrected chi connectivity index (χ2v) is 6.59. The molecule has 0 saturated carbocycles. The zero-order valence-corrected chi connectivity index (χ0v) is 15.2. The monoisotopic (exact) mass is 343 g/mol. The zero-order chi connectivity index (χ0) is 18.0. The fourth-order valence-electron chi connectivity index (χ4n) is 3.28. The number of aromatic nitrogens is 4. The molecule has 7 heteroatoms. The Kier molecular flexibility index (Phi) is 5.01. The Morgan fingerprint density at radius 3 is 2.64 bits per heavy atom. The number of hydrogen-bond acceptors (Lipinski definition) is 5. The smallest absolute Gasteiger partial charge is 0.329 e. The molecule has 1 aliphatic carbocycles. The molecule has 0 N–H and O–H groups in total. The molecule has 0 atom stereocenters. The van der Waals surface area contributed by atoms with E-state index in [0.29, 0.717) is 16.9 Å². The Hall–Kier alpha value is -2.44. The first-order valence-corrected chi connectivity index (χ1v) is 8.94. The maximum atomic E-state index is 12.5. The molecule has 134 valence electrons. The molecule has 2 aromatic rings. The summed E-state index contributed by atoms with van der Waals surface area (Å²) >= 11 is 0. The minimum atomic E-state index is -0.391. The third-order valence-electron chi connectivity index (χ3n) is 4.81. The van der Waals surface area contributed by atoms with Crippen molar-refractivity contribution < 1.29 is 0 Å². The lowest BCUT2D eigenvalue weighted by atomic mass is 10.0. The van der Waals surface area contributed by atoms with Crippen LogP contribution in [0, 0.1) is 0 Å². The molecule has 0 radical (unpaired) electrons. The molecule has 2 aromatic heterocycles. The van der Waals surface area contributed by atoms with E-state index in [1.165, 1.54) is 30.2 Å². The molecule has 0 spiro atoms. The first-order valence-electron chi connectivity index (χ1n) is 8.94. The van der Waals surface area contributed by atoms with Gasteiger partial charge in [-0.25, -0.2) is 4.79 Å². The van der Waals surface area contributed by atoms with E-state index in [4.69, 9.17) is 0 Å². The average Bonchev–Trinajstić information content (AvgIpc) is 2.65. The molecule has 2 heterocycles. The van der Waals surface area contributed by atoms with E-state index in [-0.39, 0.29) is 5.56 Å². The summed E-state index contributed by atoms with van der Waals surface area (Å²) in [7, 11) is 3.10. The molecule has 0 fully saturated rings. The third kappa shape index (κ3) is 3.23. The van der Waals surface area contributed by atoms with Gasteiger partial charge in [-0.3, -0.25) is 13.9 Å². The third-order valence-corrected chi connectivity index (χ3v) is 4.81. The van der Waals surface area contributed by atoms with Crippen molar-refractivity contribution in [3.8, 4) is 0 Å². The van der Waals surface area contributed by atoms with E-state index >= 15 is 0 Å². The van der Waals surface area contributed by atoms with Gasteiger partial charge in [0.2, 0.25) is 0 Å². The summed E-state index contributed by atoms with van der Waals surface area (Å²) in [6, 6.07) is 1.77. The molecule has 25 heavy (non-hydrogen) atoms. The van der Waals surface area contributed by atoms with Crippen LogP contribution in [-0.4, -0.2) is 25.9 Å². The molecule has 0 saturated heterocycles. The normalized spacial score (nSPS) is 14.6. The van der Waals surface area contributed by atoms with Crippen LogP contribution in [0.15, 0.2) is 27.4 Å². The SMILES string of the molecule is CCCCN(C1=CCCCC1)c1cc2c(=O)n(C)c(=O)n(C)c2nn1. The number of allylic oxidation sites excluding steroid dienone is 2. The summed E-state index contributed by atoms with van der Waals surface area (Å²) in [6.45, 7) is 3.01. The van der Waals surface area contributed by atoms with Gasteiger partial charge in [0.15, 0.2) is 11.5 Å². The van der Waals surface area contributed by atoms with Gasteiger partial charge in [0.1, 0.15) is 0 Å². The summed E-state index contributed by atoms with van der Waals surface area (Å²) in [4.78, 5) is 26.7. The Morgan fingerprint density at radius 2 is 1.96 bits per heavy atom. The zero-order valence-electron chi connectivity index (χ0n) is 15.2. The molecule has 0 unspecified atom stereocenters. The molecule has 7 nitrogen and oxygen atoms in total. The fraction of sp³-hybridized carbons (Fsp3) is 0.556. The topological polar surface area (TPSA) is 73.0 Å². The van der Waals surface area contributed by atoms with Crippen molar-refractivity contribution in [2.45, 2.75) is 45.4 Å². The van der Waals surface area contributed by atoms with E-state index in [2.05, 4.69) is 28.1 Å². The fourth-order valence-corrected chi connectivity index (χ4v) is 3.28. The van der Waals surface area contributed by atoms with Crippen molar-refractivity contribution in [3.05, 3.63) is 38.7 Å². The summed E-state index contributed by atoms with van der Waals surface area (Å²) in [5, 5.41) is 8.96. The number of fused-ring (bicyclic) bond motifs is 1. The molecule has 1 aliphatic rings. The molecule has 3 rings (SSSR count). The minimum Gasteiger partial charge on any atom is -0.329 e. The summed E-state index contributed by atoms with van der Waals surface area (Å²) in [6.07, 6.45) is 8.89. The summed E-state index contributed by atoms with van der Waals surface area (Å²) in [5.74, 6) is 0.685. The van der Waals surface area contributed by atoms with Crippen molar-refractivity contribution in [1.82, 2.24) is 19.3 Å². The molecular formula is C18H25N5O2. The Balaban J connectivity index is 2.13. The second kappa shape index (κ2) is 7.21. The van der Waals surface area contributed by atoms with Crippen LogP contribution >= 0.6 is 0 Å². The lowest BCUT2D eigenvalue weighted by molar-refractivity contribution is 0.652. The number of unbranched alkanes of at least 4 members (excludes halogenated alkanes) is 1. The second-order valence-electron chi connectivity index (χ2n) is 6.59. The van der Waals surface area contributed by atoms with Gasteiger partial charge in [0.25, 0.3) is 5.56 Å². The number of rotatable bonds is 5. The van der Waals surface area contributed by atoms with Crippen LogP contribution in [0.25, 0.3) is 11.0 Å². The number of aryl methyl sites for hydroxylation is 1. The molecule has 0 amide bonds. The molecule has 0 aromatic carbocycles. The van der Waals surface area contributed by atoms with E-state index in [9.17, 15) is 9.59 Å². The highest BCUT2D eigenvalue weighted by molar-refractivity contribution is 5.76. The van der Waals surface area contributed by atoms with Gasteiger partial charge in [-0.05, 0) is 38.2 Å². The first-order chi connectivity index (χ1) is 12.0. The molecule has 0 aliphatic heterocycles. The van der Waals surface area contributed by atoms with E-state index in [1.54, 1.807) is 13.1 Å². The highest BCUT2D eigenvalue weighted by atomic mass is 16.2. The standard InChI is InChI=1S/C18H25N5O2/c1-4-5-11-23(13-9-7-6-8-10-13)15-12-14-16(20-19-15)21(2)18(25)22(3)17(14)24/h9,12H,4-8,10-11H2,1-3H3. The van der Waals surface area contributed by atoms with Gasteiger partial charge in [-0.2, -0.15) is 0 Å². The van der Waals surface area contributed by atoms with Gasteiger partial charge in [-0.15, -0.1) is 10.2 Å². The van der Waals surface area contributed by atoms with Gasteiger partial charge in [0.05, 0.1) is 5.39 Å². The number of anilines is 1. The van der Waals surface area contributed by atoms with Gasteiger partial charge >= 0.3 is 5.69 Å². The van der Waals surface area contributed by atoms with E-state index < -0.39 is 5.69 Å². The van der Waals surface area contributed by atoms with Crippen LogP contribution in [0.1, 0.15) is 45.4 Å². The van der Waals surface area contributed by atoms with Crippen molar-refractivity contribution in [2.24, 2.45) is 14.1 Å². The Morgan fingerprint density at radius 1 is 1.16 bits per heavy atom. The largest absolute Gasteiger partial charge is 0.332 e. The first kappa shape index (κ1) is 17.4. The molecule has 0 bridgehead atoms. The van der Waals surface area contributed by atoms with Crippen LogP contribution in [0.3, 0.4) is 0 Å². The van der Waals surface area contributed by atoms with Crippen LogP contribution in [0.2, 0.25) is 0 Å². The van der Waals surface area contributed by atoms with Crippen molar-refractivity contribution in [1.29, 1.82) is 0 Å². The van der Waals surface area contributed by atoms with E-state index in [1.807, 2.05) is 0 Å². The van der Waals surface area contributed by atoms with Crippen LogP contribution in [0.5, 0.6) is 0 Å². The van der Waals surface area contributed by atoms with Gasteiger partial charge in [-0.1, -0.05) is 19.4 Å². The number of hydrogen-bond donors (Lipinski definition) is 0. The van der Waals surface area contributed by atoms with Crippen molar-refractivity contribution >= 4 is 16.9 Å². The van der Waals surface area contributed by atoms with Crippen molar-refractivity contribution in [2.75, 3.05) is 11.4 Å². The van der Waals surface area contributed by atoms with Crippen LogP contribution < -0.4 is 16.1 Å². The lowest BCUT2D eigenvalue weighted by Crippen LogP contribution is -2.37. The highest BCUT2D eigenvalue weighted by Crippen LogP contribution is 2.26. The van der Waals surface area contributed by atoms with Gasteiger partial charge < -0.3 is 4.90 Å². The average molecular weight is 343 g/mol. The maximum Gasteiger partial charge on any atom is 0.332 e. The predicted octanol–water partition coefficient (Wildman–Crippen LogP) is 2.09. The summed E-state index contributed by atoms with van der Waals surface area (Å²) < 4.78 is 2.48. The lowest BCUT2D eigenvalue weighted by Gasteiger charge is -2.28. The highest BCUT2D eigenvalue weighted by Gasteiger charge is 2.18. The molecular weight excluding hydrogens is 318 g/mol. The maximum absolute atomic E-state index is 12.5. The van der Waals surface area contributed by atoms with E-state index in [0.717, 1.165) is 36.8 Å². The van der Waals surface area contributed by atoms with Crippen molar-refractivity contribution in [3.63, 3.8) is 0 Å². The quantitative estimate of drug-likeness (QED) is 0.831. The van der Waals surface area contributed by atoms with Crippen LogP contribution in [0.4, 0.5) is 5.82 Å². The Bertz CT molecular complexity index is 925. The predicted molar refractivity (Wildman–Crippen MR) is 98.8 cm³/mol. The van der Waals surface area contributed by atoms with Crippen LogP contribution in [-0.2, 0) is 14.1 Å². The summed E-state index contributed by atoms with van der Waals surface area (Å²) in [5.41, 5.74) is 0.861. The van der Waals surface area contributed by atoms with Gasteiger partial charge in [0, 0.05) is 26.3 Å². The Labute approximate surface area is 146 Å².